The standard InChI is InChI=1S/C24H26N4O6/c29-21(30)15-32-18-10-8-17(9-11-18)14-26-22(31)19-7-4-12-25-23(19)33-24-20(27-34-28-24)13-16-5-2-1-3-6-16/h1-7,12,17-18H,8-11,13-15H2,(H,26,31)(H,29,30). The Kier molecular flexibility index (Phi) is 7.82. The van der Waals surface area contributed by atoms with Crippen molar-refractivity contribution < 1.29 is 28.8 Å². The van der Waals surface area contributed by atoms with Crippen LogP contribution in [0.5, 0.6) is 11.8 Å². The topological polar surface area (TPSA) is 137 Å². The molecule has 0 spiro atoms. The Morgan fingerprint density at radius 1 is 1.03 bits per heavy atom. The van der Waals surface area contributed by atoms with E-state index in [9.17, 15) is 9.59 Å². The zero-order valence-electron chi connectivity index (χ0n) is 18.6. The van der Waals surface area contributed by atoms with Crippen LogP contribution in [0.25, 0.3) is 0 Å². The fraction of sp³-hybridized carbons (Fsp3) is 0.375. The zero-order valence-corrected chi connectivity index (χ0v) is 18.6. The van der Waals surface area contributed by atoms with Gasteiger partial charge in [-0.3, -0.25) is 4.79 Å². The Morgan fingerprint density at radius 3 is 2.59 bits per heavy atom. The lowest BCUT2D eigenvalue weighted by atomic mass is 9.87. The maximum Gasteiger partial charge on any atom is 0.329 e. The predicted octanol–water partition coefficient (Wildman–Crippen LogP) is 3.24. The molecule has 178 valence electrons. The molecular weight excluding hydrogens is 440 g/mol. The number of hydrogen-bond acceptors (Lipinski definition) is 8. The van der Waals surface area contributed by atoms with E-state index in [0.29, 0.717) is 24.6 Å². The molecule has 0 aliphatic heterocycles. The summed E-state index contributed by atoms with van der Waals surface area (Å²) < 4.78 is 16.1. The number of nitrogens with one attached hydrogen (secondary N) is 1. The van der Waals surface area contributed by atoms with Crippen molar-refractivity contribution in [2.24, 2.45) is 5.92 Å². The van der Waals surface area contributed by atoms with E-state index in [2.05, 4.69) is 20.6 Å². The number of nitrogens with zero attached hydrogens (tertiary/aromatic N) is 3. The summed E-state index contributed by atoms with van der Waals surface area (Å²) in [5.41, 5.74) is 1.81. The van der Waals surface area contributed by atoms with Crippen molar-refractivity contribution in [3.05, 3.63) is 65.5 Å². The summed E-state index contributed by atoms with van der Waals surface area (Å²) in [4.78, 5) is 27.7. The smallest absolute Gasteiger partial charge is 0.329 e. The first kappa shape index (κ1) is 23.4. The molecule has 2 heterocycles. The van der Waals surface area contributed by atoms with Gasteiger partial charge < -0.3 is 19.9 Å². The second-order valence-electron chi connectivity index (χ2n) is 8.19. The fourth-order valence-electron chi connectivity index (χ4n) is 3.93. The molecule has 4 rings (SSSR count). The molecule has 1 aliphatic rings. The second kappa shape index (κ2) is 11.4. The third kappa shape index (κ3) is 6.38. The molecule has 0 radical (unpaired) electrons. The van der Waals surface area contributed by atoms with E-state index < -0.39 is 5.97 Å². The average molecular weight is 466 g/mol. The monoisotopic (exact) mass is 466 g/mol. The summed E-state index contributed by atoms with van der Waals surface area (Å²) in [5.74, 6) is -0.676. The predicted molar refractivity (Wildman–Crippen MR) is 120 cm³/mol. The van der Waals surface area contributed by atoms with Crippen LogP contribution in [0.15, 0.2) is 53.3 Å². The van der Waals surface area contributed by atoms with Gasteiger partial charge in [-0.05, 0) is 54.5 Å². The van der Waals surface area contributed by atoms with E-state index in [1.54, 1.807) is 12.1 Å². The van der Waals surface area contributed by atoms with Crippen molar-refractivity contribution >= 4 is 11.9 Å². The molecule has 3 aromatic rings. The van der Waals surface area contributed by atoms with E-state index >= 15 is 0 Å². The van der Waals surface area contributed by atoms with Crippen molar-refractivity contribution in [3.63, 3.8) is 0 Å². The Labute approximate surface area is 196 Å². The van der Waals surface area contributed by atoms with Crippen LogP contribution in [-0.4, -0.2) is 51.5 Å². The third-order valence-electron chi connectivity index (χ3n) is 5.73. The summed E-state index contributed by atoms with van der Waals surface area (Å²) in [6.45, 7) is 0.230. The first-order valence-electron chi connectivity index (χ1n) is 11.2. The number of hydrogen-bond donors (Lipinski definition) is 2. The highest BCUT2D eigenvalue weighted by molar-refractivity contribution is 5.96. The van der Waals surface area contributed by atoms with E-state index in [1.165, 1.54) is 6.20 Å². The van der Waals surface area contributed by atoms with E-state index in [4.69, 9.17) is 19.2 Å². The Morgan fingerprint density at radius 2 is 1.82 bits per heavy atom. The maximum atomic E-state index is 12.9. The van der Waals surface area contributed by atoms with Crippen LogP contribution in [0.1, 0.15) is 47.3 Å². The minimum Gasteiger partial charge on any atom is -0.480 e. The normalized spacial score (nSPS) is 17.8. The number of carboxylic acids is 1. The minimum atomic E-state index is -0.961. The average Bonchev–Trinajstić information content (AvgIpc) is 3.29. The van der Waals surface area contributed by atoms with Gasteiger partial charge in [0, 0.05) is 19.2 Å². The molecule has 2 aromatic heterocycles. The minimum absolute atomic E-state index is 0.0393. The number of carbonyl (C=O) groups is 2. The van der Waals surface area contributed by atoms with E-state index in [0.717, 1.165) is 31.2 Å². The molecule has 1 aliphatic carbocycles. The lowest BCUT2D eigenvalue weighted by Crippen LogP contribution is -2.33. The number of aliphatic carboxylic acids is 1. The van der Waals surface area contributed by atoms with Gasteiger partial charge >= 0.3 is 5.97 Å². The molecule has 1 aromatic carbocycles. The lowest BCUT2D eigenvalue weighted by Gasteiger charge is -2.28. The van der Waals surface area contributed by atoms with Gasteiger partial charge in [0.15, 0.2) is 5.69 Å². The molecule has 1 amide bonds. The highest BCUT2D eigenvalue weighted by Gasteiger charge is 2.24. The first-order valence-corrected chi connectivity index (χ1v) is 11.2. The molecule has 2 N–H and O–H groups in total. The zero-order chi connectivity index (χ0) is 23.8. The Balaban J connectivity index is 1.33. The molecule has 10 heteroatoms. The van der Waals surface area contributed by atoms with Crippen LogP contribution in [0, 0.1) is 5.92 Å². The van der Waals surface area contributed by atoms with Gasteiger partial charge in [0.1, 0.15) is 12.2 Å². The number of carboxylic acid groups (broad SMARTS) is 1. The molecule has 0 atom stereocenters. The fourth-order valence-corrected chi connectivity index (χ4v) is 3.93. The molecule has 34 heavy (non-hydrogen) atoms. The van der Waals surface area contributed by atoms with Crippen LogP contribution in [0.4, 0.5) is 0 Å². The third-order valence-corrected chi connectivity index (χ3v) is 5.73. The summed E-state index contributed by atoms with van der Waals surface area (Å²) >= 11 is 0. The van der Waals surface area contributed by atoms with Crippen molar-refractivity contribution in [1.29, 1.82) is 0 Å². The van der Waals surface area contributed by atoms with Gasteiger partial charge in [0.2, 0.25) is 5.88 Å². The molecule has 10 nitrogen and oxygen atoms in total. The van der Waals surface area contributed by atoms with Gasteiger partial charge in [-0.25, -0.2) is 14.4 Å². The SMILES string of the molecule is O=C(O)COC1CCC(CNC(=O)c2cccnc2Oc2nonc2Cc2ccccc2)CC1. The molecule has 0 bridgehead atoms. The number of rotatable bonds is 10. The van der Waals surface area contributed by atoms with Gasteiger partial charge in [0.25, 0.3) is 11.8 Å². The maximum absolute atomic E-state index is 12.9. The van der Waals surface area contributed by atoms with E-state index in [-0.39, 0.29) is 35.9 Å². The van der Waals surface area contributed by atoms with Crippen LogP contribution < -0.4 is 10.1 Å². The summed E-state index contributed by atoms with van der Waals surface area (Å²) in [6.07, 6.45) is 5.23. The van der Waals surface area contributed by atoms with Gasteiger partial charge in [-0.2, -0.15) is 0 Å². The van der Waals surface area contributed by atoms with Crippen LogP contribution in [0.2, 0.25) is 0 Å². The quantitative estimate of drug-likeness (QED) is 0.461. The molecular formula is C24H26N4O6. The van der Waals surface area contributed by atoms with Crippen molar-refractivity contribution in [1.82, 2.24) is 20.6 Å². The summed E-state index contributed by atoms with van der Waals surface area (Å²) in [6, 6.07) is 13.0. The molecule has 1 fully saturated rings. The summed E-state index contributed by atoms with van der Waals surface area (Å²) in [7, 11) is 0. The van der Waals surface area contributed by atoms with Gasteiger partial charge in [0.05, 0.1) is 6.10 Å². The molecule has 0 saturated heterocycles. The first-order chi connectivity index (χ1) is 16.6. The van der Waals surface area contributed by atoms with Gasteiger partial charge in [-0.15, -0.1) is 0 Å². The number of carbonyl (C=O) groups excluding carboxylic acids is 1. The number of benzene rings is 1. The highest BCUT2D eigenvalue weighted by Crippen LogP contribution is 2.27. The van der Waals surface area contributed by atoms with Crippen LogP contribution >= 0.6 is 0 Å². The van der Waals surface area contributed by atoms with Crippen molar-refractivity contribution in [2.45, 2.75) is 38.2 Å². The molecule has 1 saturated carbocycles. The largest absolute Gasteiger partial charge is 0.480 e. The van der Waals surface area contributed by atoms with E-state index in [1.807, 2.05) is 30.3 Å². The van der Waals surface area contributed by atoms with Crippen molar-refractivity contribution in [2.75, 3.05) is 13.2 Å². The second-order valence-corrected chi connectivity index (χ2v) is 8.19. The van der Waals surface area contributed by atoms with Crippen molar-refractivity contribution in [3.8, 4) is 11.8 Å². The number of aromatic nitrogens is 3. The molecule has 0 unspecified atom stereocenters. The van der Waals surface area contributed by atoms with Gasteiger partial charge in [-0.1, -0.05) is 35.5 Å². The number of amides is 1. The van der Waals surface area contributed by atoms with Crippen LogP contribution in [-0.2, 0) is 16.0 Å². The Bertz CT molecular complexity index is 1100. The van der Waals surface area contributed by atoms with Crippen LogP contribution in [0.3, 0.4) is 0 Å². The lowest BCUT2D eigenvalue weighted by molar-refractivity contribution is -0.145. The number of ether oxygens (including phenoxy) is 2. The highest BCUT2D eigenvalue weighted by atomic mass is 16.6. The summed E-state index contributed by atoms with van der Waals surface area (Å²) in [5, 5.41) is 19.4. The Hall–Kier alpha value is -3.79. The number of pyridine rings is 1.